The molecule has 1 aliphatic heterocycles. The zero-order chi connectivity index (χ0) is 21.1. The quantitative estimate of drug-likeness (QED) is 0.330. The Balaban J connectivity index is 1.58. The van der Waals surface area contributed by atoms with E-state index in [9.17, 15) is 4.79 Å². The molecule has 2 aromatic carbocycles. The third-order valence-corrected chi connectivity index (χ3v) is 5.86. The van der Waals surface area contributed by atoms with E-state index in [1.807, 2.05) is 54.8 Å². The first kappa shape index (κ1) is 20.4. The van der Waals surface area contributed by atoms with Gasteiger partial charge in [0.15, 0.2) is 17.2 Å². The number of aryl methyl sites for hydroxylation is 1. The molecular weight excluding hydrogens is 466 g/mol. The number of aliphatic imine (C=N–C) groups is 1. The van der Waals surface area contributed by atoms with Gasteiger partial charge in [-0.25, -0.2) is 9.79 Å². The van der Waals surface area contributed by atoms with Crippen LogP contribution in [0.25, 0.3) is 6.08 Å². The van der Waals surface area contributed by atoms with Gasteiger partial charge in [-0.1, -0.05) is 35.9 Å². The number of carbonyl (C=O) groups excluding carboxylic acids is 1. The van der Waals surface area contributed by atoms with Crippen molar-refractivity contribution in [2.45, 2.75) is 13.5 Å². The molecule has 0 fully saturated rings. The van der Waals surface area contributed by atoms with E-state index in [-0.39, 0.29) is 5.70 Å². The maximum Gasteiger partial charge on any atom is 0.363 e. The first-order valence-electron chi connectivity index (χ1n) is 9.16. The van der Waals surface area contributed by atoms with Crippen molar-refractivity contribution >= 4 is 45.2 Å². The molecule has 0 amide bonds. The summed E-state index contributed by atoms with van der Waals surface area (Å²) in [5.41, 5.74) is 3.24. The third-order valence-electron chi connectivity index (χ3n) is 4.41. The van der Waals surface area contributed by atoms with Crippen LogP contribution in [0.4, 0.5) is 0 Å². The van der Waals surface area contributed by atoms with E-state index in [2.05, 4.69) is 20.9 Å². The number of hydrogen-bond donors (Lipinski definition) is 0. The Bertz CT molecular complexity index is 1130. The smallest absolute Gasteiger partial charge is 0.363 e. The lowest BCUT2D eigenvalue weighted by molar-refractivity contribution is -0.129. The van der Waals surface area contributed by atoms with Crippen LogP contribution in [0, 0.1) is 6.92 Å². The lowest BCUT2D eigenvalue weighted by atomic mass is 10.1. The van der Waals surface area contributed by atoms with Crippen LogP contribution in [0.2, 0.25) is 0 Å². The Hall–Kier alpha value is -2.90. The molecule has 0 saturated carbocycles. The predicted molar refractivity (Wildman–Crippen MR) is 121 cm³/mol. The predicted octanol–water partition coefficient (Wildman–Crippen LogP) is 5.75. The lowest BCUT2D eigenvalue weighted by Gasteiger charge is -2.14. The van der Waals surface area contributed by atoms with E-state index in [1.165, 1.54) is 16.9 Å². The van der Waals surface area contributed by atoms with Crippen molar-refractivity contribution < 1.29 is 19.0 Å². The molecule has 1 aliphatic rings. The molecule has 152 valence electrons. The molecule has 0 aliphatic carbocycles. The van der Waals surface area contributed by atoms with Gasteiger partial charge in [0.1, 0.15) is 6.61 Å². The fourth-order valence-corrected chi connectivity index (χ4v) is 4.10. The maximum absolute atomic E-state index is 12.2. The summed E-state index contributed by atoms with van der Waals surface area (Å²) in [5, 5.41) is 1.91. The summed E-state index contributed by atoms with van der Waals surface area (Å²) in [4.78, 5) is 17.3. The second-order valence-electron chi connectivity index (χ2n) is 6.62. The van der Waals surface area contributed by atoms with Crippen LogP contribution in [0.5, 0.6) is 11.5 Å². The van der Waals surface area contributed by atoms with Crippen LogP contribution in [0.3, 0.4) is 0 Å². The van der Waals surface area contributed by atoms with E-state index < -0.39 is 5.97 Å². The van der Waals surface area contributed by atoms with Gasteiger partial charge < -0.3 is 14.2 Å². The third kappa shape index (κ3) is 4.47. The number of benzene rings is 2. The van der Waals surface area contributed by atoms with Crippen LogP contribution in [0.1, 0.15) is 21.6 Å². The number of ether oxygens (including phenoxy) is 3. The lowest BCUT2D eigenvalue weighted by Crippen LogP contribution is -2.03. The number of hydrogen-bond acceptors (Lipinski definition) is 6. The summed E-state index contributed by atoms with van der Waals surface area (Å²) in [7, 11) is 1.58. The molecule has 1 aromatic heterocycles. The maximum atomic E-state index is 12.2. The molecule has 0 atom stereocenters. The Morgan fingerprint density at radius 3 is 2.70 bits per heavy atom. The molecule has 3 aromatic rings. The number of cyclic esters (lactones) is 1. The summed E-state index contributed by atoms with van der Waals surface area (Å²) < 4.78 is 17.5. The Kier molecular flexibility index (Phi) is 6.01. The molecule has 0 saturated heterocycles. The standard InChI is InChI=1S/C23H18BrNO4S/c1-14-5-7-15(8-6-14)13-28-21-17(24)10-16(12-19(21)27-2)11-18-23(26)29-22(25-18)20-4-3-9-30-20/h3-12H,13H2,1-2H3/b18-11+. The van der Waals surface area contributed by atoms with Gasteiger partial charge >= 0.3 is 5.97 Å². The number of halogens is 1. The summed E-state index contributed by atoms with van der Waals surface area (Å²) in [5.74, 6) is 0.993. The highest BCUT2D eigenvalue weighted by Crippen LogP contribution is 2.38. The number of thiophene rings is 1. The topological polar surface area (TPSA) is 57.1 Å². The van der Waals surface area contributed by atoms with Crippen LogP contribution in [-0.4, -0.2) is 19.0 Å². The van der Waals surface area contributed by atoms with Gasteiger partial charge in [0, 0.05) is 0 Å². The van der Waals surface area contributed by atoms with Gasteiger partial charge in [-0.05, 0) is 63.6 Å². The molecule has 2 heterocycles. The summed E-state index contributed by atoms with van der Waals surface area (Å²) in [6.07, 6.45) is 1.67. The minimum atomic E-state index is -0.479. The number of rotatable bonds is 6. The van der Waals surface area contributed by atoms with Gasteiger partial charge in [0.2, 0.25) is 5.90 Å². The average Bonchev–Trinajstić information content (AvgIpc) is 3.38. The zero-order valence-electron chi connectivity index (χ0n) is 16.3. The van der Waals surface area contributed by atoms with Crippen molar-refractivity contribution in [3.63, 3.8) is 0 Å². The summed E-state index contributed by atoms with van der Waals surface area (Å²) in [6, 6.07) is 15.6. The van der Waals surface area contributed by atoms with Gasteiger partial charge in [-0.15, -0.1) is 11.3 Å². The largest absolute Gasteiger partial charge is 0.493 e. The minimum Gasteiger partial charge on any atom is -0.493 e. The first-order valence-corrected chi connectivity index (χ1v) is 10.8. The van der Waals surface area contributed by atoms with Crippen molar-refractivity contribution in [1.82, 2.24) is 0 Å². The van der Waals surface area contributed by atoms with Crippen molar-refractivity contribution in [2.24, 2.45) is 4.99 Å². The van der Waals surface area contributed by atoms with Crippen LogP contribution in [0.15, 0.2) is 69.1 Å². The molecule has 0 radical (unpaired) electrons. The van der Waals surface area contributed by atoms with Crippen LogP contribution < -0.4 is 9.47 Å². The van der Waals surface area contributed by atoms with Crippen molar-refractivity contribution in [1.29, 1.82) is 0 Å². The second-order valence-corrected chi connectivity index (χ2v) is 8.42. The van der Waals surface area contributed by atoms with Crippen molar-refractivity contribution in [3.05, 3.63) is 85.6 Å². The van der Waals surface area contributed by atoms with Crippen LogP contribution >= 0.6 is 27.3 Å². The molecule has 0 bridgehead atoms. The van der Waals surface area contributed by atoms with Crippen molar-refractivity contribution in [2.75, 3.05) is 7.11 Å². The van der Waals surface area contributed by atoms with Gasteiger partial charge in [-0.2, -0.15) is 0 Å². The van der Waals surface area contributed by atoms with E-state index in [0.29, 0.717) is 24.0 Å². The average molecular weight is 484 g/mol. The monoisotopic (exact) mass is 483 g/mol. The van der Waals surface area contributed by atoms with Gasteiger partial charge in [-0.3, -0.25) is 0 Å². The molecular formula is C23H18BrNO4S. The number of nitrogens with zero attached hydrogens (tertiary/aromatic N) is 1. The van der Waals surface area contributed by atoms with E-state index in [4.69, 9.17) is 14.2 Å². The Labute approximate surface area is 186 Å². The fourth-order valence-electron chi connectivity index (χ4n) is 2.88. The van der Waals surface area contributed by atoms with Gasteiger partial charge in [0.25, 0.3) is 0 Å². The zero-order valence-corrected chi connectivity index (χ0v) is 18.7. The summed E-state index contributed by atoms with van der Waals surface area (Å²) in [6.45, 7) is 2.46. The van der Waals surface area contributed by atoms with Crippen LogP contribution in [-0.2, 0) is 16.1 Å². The highest BCUT2D eigenvalue weighted by Gasteiger charge is 2.25. The molecule has 4 rings (SSSR count). The SMILES string of the molecule is COc1cc(/C=C2/N=C(c3cccs3)OC2=O)cc(Br)c1OCc1ccc(C)cc1. The highest BCUT2D eigenvalue weighted by molar-refractivity contribution is 9.10. The molecule has 7 heteroatoms. The summed E-state index contributed by atoms with van der Waals surface area (Å²) >= 11 is 5.01. The Morgan fingerprint density at radius 1 is 1.20 bits per heavy atom. The second kappa shape index (κ2) is 8.85. The van der Waals surface area contributed by atoms with Crippen molar-refractivity contribution in [3.8, 4) is 11.5 Å². The molecule has 30 heavy (non-hydrogen) atoms. The Morgan fingerprint density at radius 2 is 2.00 bits per heavy atom. The van der Waals surface area contributed by atoms with Gasteiger partial charge in [0.05, 0.1) is 16.5 Å². The normalized spacial score (nSPS) is 14.6. The molecule has 0 unspecified atom stereocenters. The van der Waals surface area contributed by atoms with E-state index in [1.54, 1.807) is 19.3 Å². The molecule has 0 spiro atoms. The fraction of sp³-hybridized carbons (Fsp3) is 0.130. The number of carbonyl (C=O) groups is 1. The highest BCUT2D eigenvalue weighted by atomic mass is 79.9. The first-order chi connectivity index (χ1) is 14.5. The van der Waals surface area contributed by atoms with E-state index in [0.717, 1.165) is 20.5 Å². The van der Waals surface area contributed by atoms with E-state index >= 15 is 0 Å². The molecule has 0 N–H and O–H groups in total. The minimum absolute atomic E-state index is 0.237. The number of esters is 1. The number of methoxy groups -OCH3 is 1. The molecule has 5 nitrogen and oxygen atoms in total.